The van der Waals surface area contributed by atoms with Gasteiger partial charge in [-0.15, -0.1) is 11.3 Å². The van der Waals surface area contributed by atoms with Crippen molar-refractivity contribution in [3.63, 3.8) is 0 Å². The predicted molar refractivity (Wildman–Crippen MR) is 126 cm³/mol. The van der Waals surface area contributed by atoms with E-state index in [1.165, 1.54) is 4.90 Å². The number of fused-ring (bicyclic) bond motifs is 1. The zero-order chi connectivity index (χ0) is 22.9. The second kappa shape index (κ2) is 8.58. The average Bonchev–Trinajstić information content (AvgIpc) is 3.48. The first kappa shape index (κ1) is 21.8. The molecule has 1 aromatic heterocycles. The molecule has 0 bridgehead atoms. The highest BCUT2D eigenvalue weighted by Gasteiger charge is 2.53. The normalized spacial score (nSPS) is 18.6. The van der Waals surface area contributed by atoms with E-state index in [9.17, 15) is 10.1 Å². The van der Waals surface area contributed by atoms with Gasteiger partial charge < -0.3 is 10.5 Å². The highest BCUT2D eigenvalue weighted by atomic mass is 32.1. The SMILES string of the molecule is CN=C(N)N(C)C(=O)[C@]1([C@@H](C)c2cc(-c3cccc(C#N)c3)cs2)OCc2ccccc21. The van der Waals surface area contributed by atoms with Crippen molar-refractivity contribution < 1.29 is 9.53 Å². The van der Waals surface area contributed by atoms with Crippen molar-refractivity contribution in [2.24, 2.45) is 10.7 Å². The van der Waals surface area contributed by atoms with Crippen molar-refractivity contribution in [2.75, 3.05) is 14.1 Å². The number of amides is 1. The molecule has 2 heterocycles. The molecule has 32 heavy (non-hydrogen) atoms. The molecule has 0 aliphatic carbocycles. The zero-order valence-corrected chi connectivity index (χ0v) is 19.0. The number of nitriles is 1. The third-order valence-corrected chi connectivity index (χ3v) is 7.16. The standard InChI is InChI=1S/C25H24N4O2S/c1-16(22-12-20(15-32-22)18-9-6-7-17(11-18)13-26)25(23(30)29(3)24(27)28-2)21-10-5-4-8-19(21)14-31-25/h4-12,15-16H,14H2,1-3H3,(H2,27,28)/t16-,25+/m0/s1. The van der Waals surface area contributed by atoms with Gasteiger partial charge in [0.25, 0.3) is 5.91 Å². The van der Waals surface area contributed by atoms with Crippen LogP contribution in [0, 0.1) is 11.3 Å². The smallest absolute Gasteiger partial charge is 0.266 e. The highest BCUT2D eigenvalue weighted by Crippen LogP contribution is 2.49. The van der Waals surface area contributed by atoms with Crippen molar-refractivity contribution in [3.05, 3.63) is 81.5 Å². The lowest BCUT2D eigenvalue weighted by atomic mass is 9.79. The second-order valence-corrected chi connectivity index (χ2v) is 8.72. The van der Waals surface area contributed by atoms with Gasteiger partial charge in [-0.1, -0.05) is 43.3 Å². The second-order valence-electron chi connectivity index (χ2n) is 7.78. The van der Waals surface area contributed by atoms with Crippen LogP contribution >= 0.6 is 11.3 Å². The van der Waals surface area contributed by atoms with E-state index in [0.717, 1.165) is 27.1 Å². The van der Waals surface area contributed by atoms with Gasteiger partial charge in [0.15, 0.2) is 11.6 Å². The van der Waals surface area contributed by atoms with E-state index in [1.54, 1.807) is 31.5 Å². The molecular weight excluding hydrogens is 420 g/mol. The van der Waals surface area contributed by atoms with Gasteiger partial charge in [-0.3, -0.25) is 14.7 Å². The number of aliphatic imine (C=N–C) groups is 1. The highest BCUT2D eigenvalue weighted by molar-refractivity contribution is 7.10. The summed E-state index contributed by atoms with van der Waals surface area (Å²) >= 11 is 1.57. The van der Waals surface area contributed by atoms with Crippen molar-refractivity contribution >= 4 is 23.2 Å². The molecule has 1 aliphatic heterocycles. The Morgan fingerprint density at radius 1 is 1.25 bits per heavy atom. The molecule has 0 spiro atoms. The van der Waals surface area contributed by atoms with Crippen molar-refractivity contribution in [2.45, 2.75) is 25.0 Å². The third kappa shape index (κ3) is 3.48. The first-order chi connectivity index (χ1) is 15.4. The zero-order valence-electron chi connectivity index (χ0n) is 18.2. The van der Waals surface area contributed by atoms with Gasteiger partial charge in [0, 0.05) is 24.9 Å². The third-order valence-electron chi connectivity index (χ3n) is 6.05. The molecule has 7 heteroatoms. The summed E-state index contributed by atoms with van der Waals surface area (Å²) < 4.78 is 6.32. The minimum atomic E-state index is -1.21. The van der Waals surface area contributed by atoms with E-state index in [4.69, 9.17) is 10.5 Å². The predicted octanol–water partition coefficient (Wildman–Crippen LogP) is 4.22. The van der Waals surface area contributed by atoms with Gasteiger partial charge in [-0.2, -0.15) is 5.26 Å². The van der Waals surface area contributed by atoms with Crippen molar-refractivity contribution in [1.29, 1.82) is 5.26 Å². The fourth-order valence-electron chi connectivity index (χ4n) is 4.20. The molecular formula is C25H24N4O2S. The maximum atomic E-state index is 13.8. The van der Waals surface area contributed by atoms with Crippen LogP contribution < -0.4 is 5.73 Å². The molecule has 4 rings (SSSR count). The molecule has 0 fully saturated rings. The van der Waals surface area contributed by atoms with Gasteiger partial charge in [-0.05, 0) is 45.8 Å². The quantitative estimate of drug-likeness (QED) is 0.482. The first-order valence-corrected chi connectivity index (χ1v) is 11.1. The Hall–Kier alpha value is -3.47. The van der Waals surface area contributed by atoms with Crippen LogP contribution in [0.15, 0.2) is 65.0 Å². The molecule has 1 aliphatic rings. The average molecular weight is 445 g/mol. The Morgan fingerprint density at radius 3 is 2.78 bits per heavy atom. The Labute approximate surface area is 191 Å². The van der Waals surface area contributed by atoms with Gasteiger partial charge in [-0.25, -0.2) is 0 Å². The van der Waals surface area contributed by atoms with Crippen LogP contribution in [0.3, 0.4) is 0 Å². The summed E-state index contributed by atoms with van der Waals surface area (Å²) in [6, 6.07) is 19.6. The number of nitrogens with two attached hydrogens (primary N) is 1. The van der Waals surface area contributed by atoms with Crippen LogP contribution in [0.4, 0.5) is 0 Å². The van der Waals surface area contributed by atoms with Crippen LogP contribution in [0.5, 0.6) is 0 Å². The van der Waals surface area contributed by atoms with Crippen LogP contribution in [0.2, 0.25) is 0 Å². The lowest BCUT2D eigenvalue weighted by Crippen LogP contribution is -2.52. The topological polar surface area (TPSA) is 91.7 Å². The maximum absolute atomic E-state index is 13.8. The summed E-state index contributed by atoms with van der Waals surface area (Å²) in [5, 5.41) is 11.3. The molecule has 162 valence electrons. The van der Waals surface area contributed by atoms with Crippen LogP contribution in [-0.2, 0) is 21.7 Å². The van der Waals surface area contributed by atoms with E-state index < -0.39 is 5.60 Å². The molecule has 3 aromatic rings. The maximum Gasteiger partial charge on any atom is 0.266 e. The number of hydrogen-bond donors (Lipinski definition) is 1. The molecule has 6 nitrogen and oxygen atoms in total. The number of nitrogens with zero attached hydrogens (tertiary/aromatic N) is 3. The van der Waals surface area contributed by atoms with Gasteiger partial charge in [0.05, 0.1) is 18.2 Å². The Bertz CT molecular complexity index is 1240. The van der Waals surface area contributed by atoms with E-state index in [1.807, 2.05) is 54.8 Å². The van der Waals surface area contributed by atoms with E-state index in [0.29, 0.717) is 12.2 Å². The molecule has 2 aromatic carbocycles. The molecule has 0 saturated carbocycles. The number of ether oxygens (including phenoxy) is 1. The lowest BCUT2D eigenvalue weighted by Gasteiger charge is -2.36. The Kier molecular flexibility index (Phi) is 5.83. The number of rotatable bonds is 4. The number of hydrogen-bond acceptors (Lipinski definition) is 5. The summed E-state index contributed by atoms with van der Waals surface area (Å²) in [5.41, 5.74) is 9.20. The molecule has 0 saturated heterocycles. The minimum absolute atomic E-state index is 0.134. The number of benzene rings is 2. The van der Waals surface area contributed by atoms with Crippen LogP contribution in [0.1, 0.15) is 34.4 Å². The van der Waals surface area contributed by atoms with Gasteiger partial charge in [0.1, 0.15) is 0 Å². The van der Waals surface area contributed by atoms with Crippen LogP contribution in [0.25, 0.3) is 11.1 Å². The van der Waals surface area contributed by atoms with Gasteiger partial charge in [0.2, 0.25) is 0 Å². The molecule has 2 N–H and O–H groups in total. The lowest BCUT2D eigenvalue weighted by molar-refractivity contribution is -0.156. The number of carbonyl (C=O) groups is 1. The summed E-state index contributed by atoms with van der Waals surface area (Å²) in [6.07, 6.45) is 0. The molecule has 1 amide bonds. The number of likely N-dealkylation sites (N-methyl/N-ethyl adjacent to an activating group) is 1. The fourth-order valence-corrected chi connectivity index (χ4v) is 5.23. The number of carbonyl (C=O) groups excluding carboxylic acids is 1. The van der Waals surface area contributed by atoms with Crippen molar-refractivity contribution in [3.8, 4) is 17.2 Å². The van der Waals surface area contributed by atoms with Crippen molar-refractivity contribution in [1.82, 2.24) is 4.90 Å². The largest absolute Gasteiger partial charge is 0.369 e. The summed E-state index contributed by atoms with van der Waals surface area (Å²) in [5.74, 6) is -0.391. The van der Waals surface area contributed by atoms with E-state index in [2.05, 4.69) is 17.1 Å². The summed E-state index contributed by atoms with van der Waals surface area (Å²) in [7, 11) is 3.18. The summed E-state index contributed by atoms with van der Waals surface area (Å²) in [6.45, 7) is 2.36. The molecule has 2 atom stereocenters. The monoisotopic (exact) mass is 444 g/mol. The Balaban J connectivity index is 1.79. The number of thiophene rings is 1. The van der Waals surface area contributed by atoms with Crippen LogP contribution in [-0.4, -0.2) is 30.9 Å². The van der Waals surface area contributed by atoms with Gasteiger partial charge >= 0.3 is 0 Å². The van der Waals surface area contributed by atoms with E-state index >= 15 is 0 Å². The first-order valence-electron chi connectivity index (χ1n) is 10.2. The molecule has 0 radical (unpaired) electrons. The summed E-state index contributed by atoms with van der Waals surface area (Å²) in [4.78, 5) is 20.2. The minimum Gasteiger partial charge on any atom is -0.369 e. The fraction of sp³-hybridized carbons (Fsp3) is 0.240. The number of guanidine groups is 1. The Morgan fingerprint density at radius 2 is 2.03 bits per heavy atom. The van der Waals surface area contributed by atoms with E-state index in [-0.39, 0.29) is 17.8 Å². The molecule has 0 unspecified atom stereocenters.